The Morgan fingerprint density at radius 2 is 1.92 bits per heavy atom. The number of hydrogen-bond donors (Lipinski definition) is 1. The first-order valence-electron chi connectivity index (χ1n) is 9.12. The van der Waals surface area contributed by atoms with Gasteiger partial charge in [-0.15, -0.1) is 11.3 Å². The van der Waals surface area contributed by atoms with Crippen LogP contribution in [0.15, 0.2) is 24.1 Å². The van der Waals surface area contributed by atoms with Crippen LogP contribution in [0, 0.1) is 19.8 Å². The highest BCUT2D eigenvalue weighted by Gasteiger charge is 2.22. The van der Waals surface area contributed by atoms with Crippen molar-refractivity contribution in [3.05, 3.63) is 46.1 Å². The molecule has 0 aliphatic carbocycles. The van der Waals surface area contributed by atoms with Crippen LogP contribution in [0.2, 0.25) is 0 Å². The fraction of sp³-hybridized carbons (Fsp3) is 0.474. The predicted molar refractivity (Wildman–Crippen MR) is 103 cm³/mol. The fourth-order valence-corrected chi connectivity index (χ4v) is 4.37. The molecule has 1 saturated heterocycles. The maximum Gasteiger partial charge on any atom is 0.158 e. The molecule has 0 saturated carbocycles. The molecule has 0 unspecified atom stereocenters. The molecular weight excluding hydrogens is 344 g/mol. The van der Waals surface area contributed by atoms with Crippen LogP contribution >= 0.6 is 11.3 Å². The van der Waals surface area contributed by atoms with Crippen molar-refractivity contribution in [3.8, 4) is 11.5 Å². The van der Waals surface area contributed by atoms with Gasteiger partial charge in [0.25, 0.3) is 0 Å². The number of piperidine rings is 1. The second kappa shape index (κ2) is 7.63. The Bertz CT molecular complexity index is 862. The SMILES string of the molecule is Cc1cnc(-c2nccnc2CC2CCN(Cc3scnc3C)CC2)[nH]1. The Labute approximate surface area is 157 Å². The number of aryl methyl sites for hydroxylation is 2. The zero-order chi connectivity index (χ0) is 17.9. The van der Waals surface area contributed by atoms with Crippen LogP contribution < -0.4 is 0 Å². The minimum atomic E-state index is 0.653. The highest BCUT2D eigenvalue weighted by molar-refractivity contribution is 7.09. The number of likely N-dealkylation sites (tertiary alicyclic amines) is 1. The van der Waals surface area contributed by atoms with Gasteiger partial charge < -0.3 is 4.98 Å². The third-order valence-electron chi connectivity index (χ3n) is 5.10. The molecule has 0 spiro atoms. The summed E-state index contributed by atoms with van der Waals surface area (Å²) < 4.78 is 0. The van der Waals surface area contributed by atoms with Crippen LogP contribution in [-0.4, -0.2) is 42.9 Å². The number of rotatable bonds is 5. The van der Waals surface area contributed by atoms with Crippen LogP contribution in [0.1, 0.15) is 34.8 Å². The number of aromatic nitrogens is 5. The Morgan fingerprint density at radius 3 is 2.62 bits per heavy atom. The molecule has 1 fully saturated rings. The molecule has 0 bridgehead atoms. The number of aromatic amines is 1. The summed E-state index contributed by atoms with van der Waals surface area (Å²) in [5.74, 6) is 1.48. The lowest BCUT2D eigenvalue weighted by molar-refractivity contribution is 0.177. The van der Waals surface area contributed by atoms with Crippen molar-refractivity contribution in [2.75, 3.05) is 13.1 Å². The molecular formula is C19H24N6S. The van der Waals surface area contributed by atoms with Crippen LogP contribution in [0.3, 0.4) is 0 Å². The molecule has 0 atom stereocenters. The smallest absolute Gasteiger partial charge is 0.158 e. The first kappa shape index (κ1) is 17.3. The van der Waals surface area contributed by atoms with Gasteiger partial charge in [-0.2, -0.15) is 0 Å². The molecule has 0 radical (unpaired) electrons. The maximum atomic E-state index is 4.61. The lowest BCUT2D eigenvalue weighted by Crippen LogP contribution is -2.34. The van der Waals surface area contributed by atoms with Gasteiger partial charge in [-0.05, 0) is 52.1 Å². The van der Waals surface area contributed by atoms with E-state index in [0.29, 0.717) is 5.92 Å². The zero-order valence-electron chi connectivity index (χ0n) is 15.3. The van der Waals surface area contributed by atoms with E-state index in [4.69, 9.17) is 0 Å². The molecule has 1 aliphatic rings. The summed E-state index contributed by atoms with van der Waals surface area (Å²) in [5, 5.41) is 0. The quantitative estimate of drug-likeness (QED) is 0.747. The van der Waals surface area contributed by atoms with E-state index in [9.17, 15) is 0 Å². The Kier molecular flexibility index (Phi) is 5.08. The summed E-state index contributed by atoms with van der Waals surface area (Å²) in [6.07, 6.45) is 8.74. The molecule has 4 heterocycles. The van der Waals surface area contributed by atoms with Crippen molar-refractivity contribution in [1.82, 2.24) is 29.8 Å². The van der Waals surface area contributed by atoms with E-state index >= 15 is 0 Å². The molecule has 3 aromatic rings. The van der Waals surface area contributed by atoms with Gasteiger partial charge in [0.05, 0.1) is 16.9 Å². The third-order valence-corrected chi connectivity index (χ3v) is 6.02. The molecule has 1 aliphatic heterocycles. The molecule has 136 valence electrons. The topological polar surface area (TPSA) is 70.6 Å². The molecule has 6 nitrogen and oxygen atoms in total. The van der Waals surface area contributed by atoms with Gasteiger partial charge in [-0.3, -0.25) is 9.88 Å². The average Bonchev–Trinajstić information content (AvgIpc) is 3.26. The first-order chi connectivity index (χ1) is 12.7. The molecule has 1 N–H and O–H groups in total. The molecule has 0 amide bonds. The van der Waals surface area contributed by atoms with E-state index in [0.717, 1.165) is 49.0 Å². The fourth-order valence-electron chi connectivity index (χ4n) is 3.55. The maximum absolute atomic E-state index is 4.61. The Hall–Kier alpha value is -2.12. The average molecular weight is 369 g/mol. The Balaban J connectivity index is 1.38. The number of thiazole rings is 1. The summed E-state index contributed by atoms with van der Waals surface area (Å²) in [4.78, 5) is 25.2. The number of H-pyrrole nitrogens is 1. The molecule has 4 rings (SSSR count). The zero-order valence-corrected chi connectivity index (χ0v) is 16.1. The molecule has 3 aromatic heterocycles. The summed E-state index contributed by atoms with van der Waals surface area (Å²) in [5.41, 5.74) is 6.11. The van der Waals surface area contributed by atoms with E-state index in [1.54, 1.807) is 23.7 Å². The minimum Gasteiger partial charge on any atom is -0.341 e. The monoisotopic (exact) mass is 368 g/mol. The van der Waals surface area contributed by atoms with E-state index < -0.39 is 0 Å². The van der Waals surface area contributed by atoms with Crippen molar-refractivity contribution in [1.29, 1.82) is 0 Å². The predicted octanol–water partition coefficient (Wildman–Crippen LogP) is 3.39. The first-order valence-corrected chi connectivity index (χ1v) is 10.00. The van der Waals surface area contributed by atoms with Gasteiger partial charge in [0.2, 0.25) is 0 Å². The van der Waals surface area contributed by atoms with Crippen LogP contribution in [-0.2, 0) is 13.0 Å². The van der Waals surface area contributed by atoms with E-state index in [2.05, 4.69) is 36.7 Å². The largest absolute Gasteiger partial charge is 0.341 e. The van der Waals surface area contributed by atoms with Crippen molar-refractivity contribution in [2.45, 2.75) is 39.7 Å². The number of imidazole rings is 1. The van der Waals surface area contributed by atoms with E-state index in [-0.39, 0.29) is 0 Å². The highest BCUT2D eigenvalue weighted by Crippen LogP contribution is 2.26. The van der Waals surface area contributed by atoms with Gasteiger partial charge >= 0.3 is 0 Å². The van der Waals surface area contributed by atoms with Crippen LogP contribution in [0.25, 0.3) is 11.5 Å². The van der Waals surface area contributed by atoms with Crippen molar-refractivity contribution in [2.24, 2.45) is 5.92 Å². The van der Waals surface area contributed by atoms with Gasteiger partial charge in [0.15, 0.2) is 5.82 Å². The number of nitrogens with zero attached hydrogens (tertiary/aromatic N) is 5. The van der Waals surface area contributed by atoms with Crippen molar-refractivity contribution in [3.63, 3.8) is 0 Å². The number of hydrogen-bond acceptors (Lipinski definition) is 6. The summed E-state index contributed by atoms with van der Waals surface area (Å²) in [6.45, 7) is 7.41. The van der Waals surface area contributed by atoms with Gasteiger partial charge in [0, 0.05) is 35.7 Å². The van der Waals surface area contributed by atoms with Gasteiger partial charge in [-0.25, -0.2) is 15.0 Å². The van der Waals surface area contributed by atoms with Crippen molar-refractivity contribution < 1.29 is 0 Å². The summed E-state index contributed by atoms with van der Waals surface area (Å²) >= 11 is 1.77. The standard InChI is InChI=1S/C19H24N6S/c1-13-10-22-19(24-13)18-16(20-5-6-21-18)9-15-3-7-25(8-4-15)11-17-14(2)23-12-26-17/h5-6,10,12,15H,3-4,7-9,11H2,1-2H3,(H,22,24). The third kappa shape index (κ3) is 3.83. The lowest BCUT2D eigenvalue weighted by Gasteiger charge is -2.31. The van der Waals surface area contributed by atoms with Crippen LogP contribution in [0.4, 0.5) is 0 Å². The second-order valence-electron chi connectivity index (χ2n) is 7.05. The molecule has 26 heavy (non-hydrogen) atoms. The lowest BCUT2D eigenvalue weighted by atomic mass is 9.91. The Morgan fingerprint density at radius 1 is 1.12 bits per heavy atom. The second-order valence-corrected chi connectivity index (χ2v) is 7.99. The van der Waals surface area contributed by atoms with Crippen LogP contribution in [0.5, 0.6) is 0 Å². The molecule has 0 aromatic carbocycles. The minimum absolute atomic E-state index is 0.653. The van der Waals surface area contributed by atoms with E-state index in [1.165, 1.54) is 23.4 Å². The highest BCUT2D eigenvalue weighted by atomic mass is 32.1. The normalized spacial score (nSPS) is 16.2. The summed E-state index contributed by atoms with van der Waals surface area (Å²) in [6, 6.07) is 0. The van der Waals surface area contributed by atoms with Crippen molar-refractivity contribution >= 4 is 11.3 Å². The summed E-state index contributed by atoms with van der Waals surface area (Å²) in [7, 11) is 0. The van der Waals surface area contributed by atoms with Gasteiger partial charge in [-0.1, -0.05) is 0 Å². The van der Waals surface area contributed by atoms with E-state index in [1.807, 2.05) is 18.6 Å². The molecule has 7 heteroatoms. The van der Waals surface area contributed by atoms with Gasteiger partial charge in [0.1, 0.15) is 5.69 Å². The number of nitrogens with one attached hydrogen (secondary N) is 1.